The monoisotopic (exact) mass is 377 g/mol. The molecule has 1 aliphatic heterocycles. The number of fused-ring (bicyclic) bond motifs is 1. The first-order chi connectivity index (χ1) is 13.4. The van der Waals surface area contributed by atoms with Crippen LogP contribution >= 0.6 is 0 Å². The van der Waals surface area contributed by atoms with Gasteiger partial charge in [-0.3, -0.25) is 9.59 Å². The molecule has 0 spiro atoms. The van der Waals surface area contributed by atoms with E-state index < -0.39 is 28.4 Å². The van der Waals surface area contributed by atoms with Gasteiger partial charge >= 0.3 is 11.9 Å². The molecule has 0 aromatic heterocycles. The first kappa shape index (κ1) is 17.2. The second-order valence-corrected chi connectivity index (χ2v) is 6.02. The van der Waals surface area contributed by atoms with Crippen LogP contribution in [0.2, 0.25) is 0 Å². The second kappa shape index (κ2) is 6.20. The Morgan fingerprint density at radius 2 is 1.54 bits per heavy atom. The molecule has 0 bridgehead atoms. The smallest absolute Gasteiger partial charge is 0.338 e. The average molecular weight is 377 g/mol. The lowest BCUT2D eigenvalue weighted by Gasteiger charge is -2.08. The van der Waals surface area contributed by atoms with Crippen molar-refractivity contribution in [2.75, 3.05) is 0 Å². The maximum absolute atomic E-state index is 12.7. The first-order valence-corrected chi connectivity index (χ1v) is 8.07. The molecule has 1 aliphatic carbocycles. The fourth-order valence-corrected chi connectivity index (χ4v) is 3.07. The Balaban J connectivity index is 2.18. The predicted molar refractivity (Wildman–Crippen MR) is 97.8 cm³/mol. The van der Waals surface area contributed by atoms with Gasteiger partial charge in [-0.05, 0) is 29.8 Å². The molecule has 0 fully saturated rings. The molecule has 4 rings (SSSR count). The topological polar surface area (TPSA) is 138 Å². The molecule has 0 amide bonds. The first-order valence-electron chi connectivity index (χ1n) is 8.07. The molecule has 0 unspecified atom stereocenters. The third kappa shape index (κ3) is 2.55. The number of carbonyl (C=O) groups is 2. The molecule has 8 heteroatoms. The van der Waals surface area contributed by atoms with Crippen LogP contribution in [-0.2, 0) is 0 Å². The van der Waals surface area contributed by atoms with E-state index in [1.807, 2.05) is 0 Å². The second-order valence-electron chi connectivity index (χ2n) is 6.02. The van der Waals surface area contributed by atoms with E-state index in [0.29, 0.717) is 11.1 Å². The van der Waals surface area contributed by atoms with Gasteiger partial charge in [0.1, 0.15) is 5.35 Å². The number of carboxylic acid groups (broad SMARTS) is 2. The standard InChI is InChI=1S/C20H11NO7/c22-16-13(9-5-7-10(8-6-9)19(24)25)14(20(26)27)15-18(17(16)23)28-12-4-2-1-3-11(12)21-15/h1-8,21H,(H,24,25)(H,26,27). The minimum atomic E-state index is -1.43. The van der Waals surface area contributed by atoms with Gasteiger partial charge in [0, 0.05) is 0 Å². The Kier molecular flexibility index (Phi) is 3.82. The molecule has 1 heterocycles. The zero-order valence-electron chi connectivity index (χ0n) is 14.1. The Bertz CT molecular complexity index is 1450. The highest BCUT2D eigenvalue weighted by Gasteiger charge is 2.23. The normalized spacial score (nSPS) is 11.0. The number of para-hydroxylation sites is 2. The largest absolute Gasteiger partial charge is 0.478 e. The minimum Gasteiger partial charge on any atom is -0.478 e. The number of carboxylic acids is 2. The molecule has 2 aromatic rings. The summed E-state index contributed by atoms with van der Waals surface area (Å²) in [6, 6.07) is 11.6. The fraction of sp³-hybridized carbons (Fsp3) is 0. The molecule has 2 aromatic carbocycles. The summed E-state index contributed by atoms with van der Waals surface area (Å²) in [5.74, 6) is -2.60. The summed E-state index contributed by atoms with van der Waals surface area (Å²) in [5, 5.41) is 18.6. The third-order valence-electron chi connectivity index (χ3n) is 4.36. The van der Waals surface area contributed by atoms with Crippen molar-refractivity contribution >= 4 is 23.0 Å². The van der Waals surface area contributed by atoms with Crippen molar-refractivity contribution in [3.8, 4) is 11.1 Å². The summed E-state index contributed by atoms with van der Waals surface area (Å²) in [5.41, 5.74) is -2.34. The highest BCUT2D eigenvalue weighted by molar-refractivity contribution is 5.96. The lowest BCUT2D eigenvalue weighted by atomic mass is 9.97. The lowest BCUT2D eigenvalue weighted by molar-refractivity contribution is 0.0685. The van der Waals surface area contributed by atoms with Crippen molar-refractivity contribution in [3.63, 3.8) is 0 Å². The van der Waals surface area contributed by atoms with E-state index in [1.165, 1.54) is 24.3 Å². The molecule has 0 atom stereocenters. The van der Waals surface area contributed by atoms with Crippen molar-refractivity contribution < 1.29 is 24.2 Å². The summed E-state index contributed by atoms with van der Waals surface area (Å²) in [7, 11) is 0. The Labute approximate surface area is 155 Å². The Morgan fingerprint density at radius 3 is 2.18 bits per heavy atom. The van der Waals surface area contributed by atoms with Crippen LogP contribution in [-0.4, -0.2) is 27.1 Å². The van der Waals surface area contributed by atoms with Crippen molar-refractivity contribution in [2.45, 2.75) is 0 Å². The van der Waals surface area contributed by atoms with Crippen molar-refractivity contribution in [3.05, 3.63) is 90.9 Å². The van der Waals surface area contributed by atoms with E-state index in [2.05, 4.69) is 4.98 Å². The number of nitrogens with one attached hydrogen (secondary N) is 1. The highest BCUT2D eigenvalue weighted by Crippen LogP contribution is 2.22. The fourth-order valence-electron chi connectivity index (χ4n) is 3.07. The van der Waals surface area contributed by atoms with E-state index in [-0.39, 0.29) is 27.5 Å². The van der Waals surface area contributed by atoms with Gasteiger partial charge in [-0.25, -0.2) is 9.59 Å². The number of H-pyrrole nitrogens is 1. The van der Waals surface area contributed by atoms with E-state index in [0.717, 1.165) is 0 Å². The van der Waals surface area contributed by atoms with E-state index in [1.54, 1.807) is 24.3 Å². The molecule has 0 saturated carbocycles. The number of rotatable bonds is 3. The van der Waals surface area contributed by atoms with Gasteiger partial charge in [0.15, 0.2) is 5.58 Å². The molecule has 8 nitrogen and oxygen atoms in total. The molecule has 0 radical (unpaired) electrons. The van der Waals surface area contributed by atoms with E-state index >= 15 is 0 Å². The summed E-state index contributed by atoms with van der Waals surface area (Å²) in [6.45, 7) is 0. The van der Waals surface area contributed by atoms with Gasteiger partial charge in [-0.1, -0.05) is 24.3 Å². The van der Waals surface area contributed by atoms with Crippen LogP contribution < -0.4 is 10.9 Å². The average Bonchev–Trinajstić information content (AvgIpc) is 2.69. The van der Waals surface area contributed by atoms with Crippen LogP contribution in [0.3, 0.4) is 0 Å². The number of aromatic nitrogens is 1. The van der Waals surface area contributed by atoms with E-state index in [9.17, 15) is 24.3 Å². The minimum absolute atomic E-state index is 0.0382. The zero-order valence-corrected chi connectivity index (χ0v) is 14.1. The van der Waals surface area contributed by atoms with Crippen LogP contribution in [0.15, 0.2) is 62.5 Å². The van der Waals surface area contributed by atoms with Crippen molar-refractivity contribution in [1.82, 2.24) is 4.98 Å². The van der Waals surface area contributed by atoms with Crippen LogP contribution in [0, 0.1) is 10.8 Å². The quantitative estimate of drug-likeness (QED) is 0.466. The molecule has 2 aliphatic rings. The molecule has 3 N–H and O–H groups in total. The number of benzene rings is 2. The van der Waals surface area contributed by atoms with Gasteiger partial charge < -0.3 is 19.6 Å². The molecule has 0 saturated heterocycles. The Hall–Kier alpha value is -4.20. The van der Waals surface area contributed by atoms with Crippen LogP contribution in [0.25, 0.3) is 22.2 Å². The summed E-state index contributed by atoms with van der Waals surface area (Å²) in [6.07, 6.45) is 0. The molecular formula is C20H11NO7. The van der Waals surface area contributed by atoms with Gasteiger partial charge in [-0.2, -0.15) is 0 Å². The number of aromatic amines is 1. The van der Waals surface area contributed by atoms with Crippen LogP contribution in [0.4, 0.5) is 0 Å². The van der Waals surface area contributed by atoms with Gasteiger partial charge in [0.25, 0.3) is 5.43 Å². The number of hydrogen-bond acceptors (Lipinski definition) is 5. The number of hydrogen-bond donors (Lipinski definition) is 3. The summed E-state index contributed by atoms with van der Waals surface area (Å²) in [4.78, 5) is 51.2. The Morgan fingerprint density at radius 1 is 0.857 bits per heavy atom. The predicted octanol–water partition coefficient (Wildman–Crippen LogP) is 2.27. The van der Waals surface area contributed by atoms with Crippen LogP contribution in [0.5, 0.6) is 0 Å². The third-order valence-corrected chi connectivity index (χ3v) is 4.36. The maximum Gasteiger partial charge on any atom is 0.338 e. The van der Waals surface area contributed by atoms with Gasteiger partial charge in [0.2, 0.25) is 10.8 Å². The molecular weight excluding hydrogens is 366 g/mol. The van der Waals surface area contributed by atoms with Gasteiger partial charge in [-0.15, -0.1) is 0 Å². The van der Waals surface area contributed by atoms with Gasteiger partial charge in [0.05, 0.1) is 22.2 Å². The molecule has 138 valence electrons. The lowest BCUT2D eigenvalue weighted by Crippen LogP contribution is -2.30. The van der Waals surface area contributed by atoms with E-state index in [4.69, 9.17) is 9.52 Å². The van der Waals surface area contributed by atoms with Crippen molar-refractivity contribution in [1.29, 1.82) is 0 Å². The SMILES string of the molecule is O=C(O)c1ccc(-c2c(C(=O)O)c3[nH]c4ccccc4oc=3c(=O)c2=O)cc1. The van der Waals surface area contributed by atoms with Crippen LogP contribution in [0.1, 0.15) is 20.7 Å². The summed E-state index contributed by atoms with van der Waals surface area (Å²) >= 11 is 0. The summed E-state index contributed by atoms with van der Waals surface area (Å²) < 4.78 is 5.51. The highest BCUT2D eigenvalue weighted by atomic mass is 16.4. The maximum atomic E-state index is 12.7. The van der Waals surface area contributed by atoms with Crippen molar-refractivity contribution in [2.24, 2.45) is 0 Å². The molecule has 28 heavy (non-hydrogen) atoms. The number of aromatic carboxylic acids is 2. The zero-order chi connectivity index (χ0) is 20.0.